The van der Waals surface area contributed by atoms with Crippen molar-refractivity contribution in [3.63, 3.8) is 0 Å². The molecule has 1 aromatic rings. The molecule has 0 saturated heterocycles. The average molecular weight is 212 g/mol. The van der Waals surface area contributed by atoms with E-state index < -0.39 is 0 Å². The Hall–Kier alpha value is -1.00. The van der Waals surface area contributed by atoms with Crippen LogP contribution in [0.4, 0.5) is 4.39 Å². The summed E-state index contributed by atoms with van der Waals surface area (Å²) in [5.74, 6) is -0.300. The minimum Gasteiger partial charge on any atom is -0.383 e. The van der Waals surface area contributed by atoms with Crippen LogP contribution in [-0.4, -0.2) is 25.2 Å². The van der Waals surface area contributed by atoms with Crippen molar-refractivity contribution in [2.75, 3.05) is 20.3 Å². The summed E-state index contributed by atoms with van der Waals surface area (Å²) in [6, 6.07) is 3.31. The highest BCUT2D eigenvalue weighted by Gasteiger charge is 2.09. The maximum atomic E-state index is 12.7. The Morgan fingerprint density at radius 3 is 2.87 bits per heavy atom. The molecule has 1 heterocycles. The monoisotopic (exact) mass is 212 g/mol. The van der Waals surface area contributed by atoms with E-state index in [1.807, 2.05) is 0 Å². The summed E-state index contributed by atoms with van der Waals surface area (Å²) < 4.78 is 17.6. The number of aromatic nitrogens is 1. The van der Waals surface area contributed by atoms with Gasteiger partial charge in [0.05, 0.1) is 18.5 Å². The Bertz CT molecular complexity index is 276. The van der Waals surface area contributed by atoms with Crippen molar-refractivity contribution < 1.29 is 9.13 Å². The van der Waals surface area contributed by atoms with Gasteiger partial charge in [0, 0.05) is 19.7 Å². The molecule has 1 N–H and O–H groups in total. The van der Waals surface area contributed by atoms with Gasteiger partial charge in [-0.3, -0.25) is 4.98 Å². The van der Waals surface area contributed by atoms with Gasteiger partial charge in [-0.15, -0.1) is 0 Å². The molecule has 0 saturated carbocycles. The van der Waals surface area contributed by atoms with Crippen LogP contribution in [0, 0.1) is 5.82 Å². The van der Waals surface area contributed by atoms with Crippen LogP contribution in [0.5, 0.6) is 0 Å². The van der Waals surface area contributed by atoms with Crippen molar-refractivity contribution in [3.8, 4) is 0 Å². The number of hydrogen-bond acceptors (Lipinski definition) is 3. The Kier molecular flexibility index (Phi) is 5.21. The Morgan fingerprint density at radius 2 is 2.33 bits per heavy atom. The number of hydrogen-bond donors (Lipinski definition) is 1. The summed E-state index contributed by atoms with van der Waals surface area (Å²) in [5, 5.41) is 3.30. The van der Waals surface area contributed by atoms with E-state index in [2.05, 4.69) is 17.2 Å². The largest absolute Gasteiger partial charge is 0.383 e. The van der Waals surface area contributed by atoms with Gasteiger partial charge >= 0.3 is 0 Å². The highest BCUT2D eigenvalue weighted by atomic mass is 19.1. The third kappa shape index (κ3) is 3.93. The van der Waals surface area contributed by atoms with Crippen LogP contribution in [0.2, 0.25) is 0 Å². The third-order valence-corrected chi connectivity index (χ3v) is 2.21. The van der Waals surface area contributed by atoms with Gasteiger partial charge in [-0.2, -0.15) is 0 Å². The number of ether oxygens (including phenoxy) is 1. The van der Waals surface area contributed by atoms with Gasteiger partial charge in [0.25, 0.3) is 0 Å². The number of halogens is 1. The van der Waals surface area contributed by atoms with Gasteiger partial charge in [-0.25, -0.2) is 4.39 Å². The molecule has 0 radical (unpaired) electrons. The van der Waals surface area contributed by atoms with Crippen molar-refractivity contribution in [1.29, 1.82) is 0 Å². The first-order valence-corrected chi connectivity index (χ1v) is 5.11. The van der Waals surface area contributed by atoms with Crippen molar-refractivity contribution >= 4 is 0 Å². The molecule has 1 rings (SSSR count). The fraction of sp³-hybridized carbons (Fsp3) is 0.545. The van der Waals surface area contributed by atoms with Crippen LogP contribution in [-0.2, 0) is 4.74 Å². The summed E-state index contributed by atoms with van der Waals surface area (Å²) in [5.41, 5.74) is 0.870. The van der Waals surface area contributed by atoms with Crippen LogP contribution in [0.1, 0.15) is 25.1 Å². The second-order valence-electron chi connectivity index (χ2n) is 3.31. The predicted octanol–water partition coefficient (Wildman–Crippen LogP) is 1.91. The molecule has 1 unspecified atom stereocenters. The molecule has 1 atom stereocenters. The minimum absolute atomic E-state index is 0.167. The molecule has 0 aromatic carbocycles. The van der Waals surface area contributed by atoms with E-state index in [9.17, 15) is 4.39 Å². The van der Waals surface area contributed by atoms with Crippen molar-refractivity contribution in [3.05, 3.63) is 29.8 Å². The van der Waals surface area contributed by atoms with E-state index in [4.69, 9.17) is 4.74 Å². The van der Waals surface area contributed by atoms with Crippen LogP contribution in [0.25, 0.3) is 0 Å². The molecule has 0 amide bonds. The minimum atomic E-state index is -0.300. The predicted molar refractivity (Wildman–Crippen MR) is 57.1 cm³/mol. The standard InChI is InChI=1S/C11H17FN2O/c1-3-10(13-6-7-15-2)11-5-4-9(12)8-14-11/h4-5,8,10,13H,3,6-7H2,1-2H3. The van der Waals surface area contributed by atoms with Crippen molar-refractivity contribution in [2.24, 2.45) is 0 Å². The van der Waals surface area contributed by atoms with E-state index in [0.29, 0.717) is 6.61 Å². The number of pyridine rings is 1. The smallest absolute Gasteiger partial charge is 0.141 e. The zero-order valence-electron chi connectivity index (χ0n) is 9.16. The van der Waals surface area contributed by atoms with Crippen LogP contribution >= 0.6 is 0 Å². The lowest BCUT2D eigenvalue weighted by Gasteiger charge is -2.15. The molecule has 0 aliphatic rings. The second kappa shape index (κ2) is 6.48. The normalized spacial score (nSPS) is 12.7. The molecule has 0 spiro atoms. The number of nitrogens with one attached hydrogen (secondary N) is 1. The Labute approximate surface area is 89.7 Å². The van der Waals surface area contributed by atoms with Gasteiger partial charge in [0.15, 0.2) is 0 Å². The molecule has 3 nitrogen and oxygen atoms in total. The molecule has 4 heteroatoms. The maximum Gasteiger partial charge on any atom is 0.141 e. The molecule has 0 bridgehead atoms. The molecule has 1 aromatic heterocycles. The Balaban J connectivity index is 2.53. The summed E-state index contributed by atoms with van der Waals surface area (Å²) in [6.45, 7) is 3.50. The van der Waals surface area contributed by atoms with E-state index >= 15 is 0 Å². The average Bonchev–Trinajstić information content (AvgIpc) is 2.26. The second-order valence-corrected chi connectivity index (χ2v) is 3.31. The van der Waals surface area contributed by atoms with E-state index in [1.165, 1.54) is 12.3 Å². The summed E-state index contributed by atoms with van der Waals surface area (Å²) >= 11 is 0. The van der Waals surface area contributed by atoms with Crippen LogP contribution < -0.4 is 5.32 Å². The van der Waals surface area contributed by atoms with Gasteiger partial charge in [0.2, 0.25) is 0 Å². The lowest BCUT2D eigenvalue weighted by molar-refractivity contribution is 0.195. The first-order valence-electron chi connectivity index (χ1n) is 5.11. The molecule has 0 fully saturated rings. The summed E-state index contributed by atoms with van der Waals surface area (Å²) in [6.07, 6.45) is 2.17. The fourth-order valence-corrected chi connectivity index (χ4v) is 1.39. The number of rotatable bonds is 6. The van der Waals surface area contributed by atoms with Gasteiger partial charge in [-0.05, 0) is 18.6 Å². The molecule has 0 aliphatic heterocycles. The molecule has 15 heavy (non-hydrogen) atoms. The van der Waals surface area contributed by atoms with Gasteiger partial charge in [0.1, 0.15) is 5.82 Å². The molecule has 84 valence electrons. The van der Waals surface area contributed by atoms with E-state index in [1.54, 1.807) is 13.2 Å². The van der Waals surface area contributed by atoms with Gasteiger partial charge < -0.3 is 10.1 Å². The van der Waals surface area contributed by atoms with Crippen LogP contribution in [0.15, 0.2) is 18.3 Å². The lowest BCUT2D eigenvalue weighted by atomic mass is 10.1. The maximum absolute atomic E-state index is 12.7. The number of methoxy groups -OCH3 is 1. The first kappa shape index (κ1) is 12.1. The zero-order chi connectivity index (χ0) is 11.1. The fourth-order valence-electron chi connectivity index (χ4n) is 1.39. The van der Waals surface area contributed by atoms with Crippen LogP contribution in [0.3, 0.4) is 0 Å². The quantitative estimate of drug-likeness (QED) is 0.731. The van der Waals surface area contributed by atoms with Gasteiger partial charge in [-0.1, -0.05) is 6.92 Å². The topological polar surface area (TPSA) is 34.1 Å². The Morgan fingerprint density at radius 1 is 1.53 bits per heavy atom. The third-order valence-electron chi connectivity index (χ3n) is 2.21. The first-order chi connectivity index (χ1) is 7.27. The number of nitrogens with zero attached hydrogens (tertiary/aromatic N) is 1. The molecular weight excluding hydrogens is 195 g/mol. The molecular formula is C11H17FN2O. The van der Waals surface area contributed by atoms with E-state index in [0.717, 1.165) is 18.7 Å². The lowest BCUT2D eigenvalue weighted by Crippen LogP contribution is -2.25. The van der Waals surface area contributed by atoms with Crippen molar-refractivity contribution in [1.82, 2.24) is 10.3 Å². The zero-order valence-corrected chi connectivity index (χ0v) is 9.16. The summed E-state index contributed by atoms with van der Waals surface area (Å²) in [4.78, 5) is 4.05. The highest BCUT2D eigenvalue weighted by Crippen LogP contribution is 2.13. The highest BCUT2D eigenvalue weighted by molar-refractivity contribution is 5.09. The van der Waals surface area contributed by atoms with E-state index in [-0.39, 0.29) is 11.9 Å². The summed E-state index contributed by atoms with van der Waals surface area (Å²) in [7, 11) is 1.67. The SMILES string of the molecule is CCC(NCCOC)c1ccc(F)cn1. The van der Waals surface area contributed by atoms with Crippen molar-refractivity contribution in [2.45, 2.75) is 19.4 Å². The molecule has 0 aliphatic carbocycles.